The van der Waals surface area contributed by atoms with Gasteiger partial charge in [-0.05, 0) is 60.4 Å². The molecular weight excluding hydrogens is 382 g/mol. The molecule has 1 aliphatic heterocycles. The van der Waals surface area contributed by atoms with Gasteiger partial charge in [-0.3, -0.25) is 4.79 Å². The lowest BCUT2D eigenvalue weighted by molar-refractivity contribution is -0.135. The number of carbonyl (C=O) groups is 1. The Hall–Kier alpha value is -2.89. The number of fused-ring (bicyclic) bond motifs is 1. The number of ether oxygens (including phenoxy) is 4. The smallest absolute Gasteiger partial charge is 0.223 e. The van der Waals surface area contributed by atoms with Crippen molar-refractivity contribution in [1.82, 2.24) is 4.90 Å². The molecule has 0 unspecified atom stereocenters. The van der Waals surface area contributed by atoms with E-state index in [4.69, 9.17) is 18.9 Å². The Morgan fingerprint density at radius 3 is 2.30 bits per heavy atom. The molecule has 0 radical (unpaired) electrons. The van der Waals surface area contributed by atoms with Crippen molar-refractivity contribution in [3.05, 3.63) is 47.5 Å². The molecule has 0 aliphatic carbocycles. The van der Waals surface area contributed by atoms with Crippen LogP contribution in [0.2, 0.25) is 0 Å². The van der Waals surface area contributed by atoms with Crippen molar-refractivity contribution < 1.29 is 23.7 Å². The van der Waals surface area contributed by atoms with Crippen molar-refractivity contribution in [3.63, 3.8) is 0 Å². The average molecular weight is 414 g/mol. The van der Waals surface area contributed by atoms with Gasteiger partial charge in [0.25, 0.3) is 0 Å². The second kappa shape index (κ2) is 10.2. The maximum atomic E-state index is 12.9. The third kappa shape index (κ3) is 4.81. The Morgan fingerprint density at radius 1 is 1.00 bits per heavy atom. The van der Waals surface area contributed by atoms with Crippen molar-refractivity contribution in [2.75, 3.05) is 34.5 Å². The van der Waals surface area contributed by atoms with Crippen LogP contribution in [0.3, 0.4) is 0 Å². The fraction of sp³-hybridized carbons (Fsp3) is 0.458. The lowest BCUT2D eigenvalue weighted by Crippen LogP contribution is -2.42. The van der Waals surface area contributed by atoms with E-state index in [2.05, 4.69) is 6.92 Å². The van der Waals surface area contributed by atoms with E-state index in [9.17, 15) is 4.79 Å². The molecular formula is C24H31NO5. The minimum absolute atomic E-state index is 0.167. The molecule has 0 aromatic heterocycles. The average Bonchev–Trinajstić information content (AvgIpc) is 2.80. The van der Waals surface area contributed by atoms with E-state index in [0.29, 0.717) is 31.1 Å². The highest BCUT2D eigenvalue weighted by molar-refractivity contribution is 5.77. The minimum atomic E-state index is -0.181. The summed E-state index contributed by atoms with van der Waals surface area (Å²) in [6.07, 6.45) is 3.22. The highest BCUT2D eigenvalue weighted by Crippen LogP contribution is 2.38. The maximum absolute atomic E-state index is 12.9. The summed E-state index contributed by atoms with van der Waals surface area (Å²) < 4.78 is 22.3. The topological polar surface area (TPSA) is 57.2 Å². The molecule has 6 heteroatoms. The Bertz CT molecular complexity index is 849. The first-order valence-corrected chi connectivity index (χ1v) is 10.4. The summed E-state index contributed by atoms with van der Waals surface area (Å²) in [5.74, 6) is 3.05. The standard InChI is InChI=1S/C24H31NO5/c1-5-6-7-24(26)25-13-12-17-14-22(28-3)23(29-4)15-20(17)21(25)16-30-19-10-8-18(27-2)9-11-19/h8-11,14-15,21H,5-7,12-13,16H2,1-4H3/t21-/m1/s1. The molecule has 6 nitrogen and oxygen atoms in total. The van der Waals surface area contributed by atoms with E-state index in [0.717, 1.165) is 41.9 Å². The number of unbranched alkanes of at least 4 members (excludes halogenated alkanes) is 1. The largest absolute Gasteiger partial charge is 0.497 e. The van der Waals surface area contributed by atoms with Crippen LogP contribution >= 0.6 is 0 Å². The third-order valence-corrected chi connectivity index (χ3v) is 5.53. The SMILES string of the molecule is CCCCC(=O)N1CCc2cc(OC)c(OC)cc2[C@H]1COc1ccc(OC)cc1. The molecule has 1 amide bonds. The zero-order valence-corrected chi connectivity index (χ0v) is 18.3. The van der Waals surface area contributed by atoms with Crippen LogP contribution in [-0.4, -0.2) is 45.3 Å². The second-order valence-corrected chi connectivity index (χ2v) is 7.35. The quantitative estimate of drug-likeness (QED) is 0.610. The lowest BCUT2D eigenvalue weighted by Gasteiger charge is -2.37. The fourth-order valence-electron chi connectivity index (χ4n) is 3.83. The Kier molecular flexibility index (Phi) is 7.44. The summed E-state index contributed by atoms with van der Waals surface area (Å²) in [6, 6.07) is 11.3. The van der Waals surface area contributed by atoms with Gasteiger partial charge in [-0.2, -0.15) is 0 Å². The molecule has 0 spiro atoms. The normalized spacial score (nSPS) is 15.3. The van der Waals surface area contributed by atoms with E-state index in [1.165, 1.54) is 0 Å². The summed E-state index contributed by atoms with van der Waals surface area (Å²) in [6.45, 7) is 3.13. The summed E-state index contributed by atoms with van der Waals surface area (Å²) in [4.78, 5) is 14.9. The fourth-order valence-corrected chi connectivity index (χ4v) is 3.83. The minimum Gasteiger partial charge on any atom is -0.497 e. The van der Waals surface area contributed by atoms with Gasteiger partial charge >= 0.3 is 0 Å². The van der Waals surface area contributed by atoms with Crippen LogP contribution in [-0.2, 0) is 11.2 Å². The molecule has 1 atom stereocenters. The van der Waals surface area contributed by atoms with Crippen LogP contribution in [0.4, 0.5) is 0 Å². The monoisotopic (exact) mass is 413 g/mol. The van der Waals surface area contributed by atoms with E-state index >= 15 is 0 Å². The summed E-state index contributed by atoms with van der Waals surface area (Å²) in [5.41, 5.74) is 2.22. The first kappa shape index (κ1) is 21.8. The molecule has 3 rings (SSSR count). The zero-order valence-electron chi connectivity index (χ0n) is 18.3. The summed E-state index contributed by atoms with van der Waals surface area (Å²) >= 11 is 0. The van der Waals surface area contributed by atoms with Gasteiger partial charge in [-0.15, -0.1) is 0 Å². The molecule has 0 bridgehead atoms. The highest BCUT2D eigenvalue weighted by atomic mass is 16.5. The summed E-state index contributed by atoms with van der Waals surface area (Å²) in [5, 5.41) is 0. The summed E-state index contributed by atoms with van der Waals surface area (Å²) in [7, 11) is 4.90. The number of hydrogen-bond donors (Lipinski definition) is 0. The van der Waals surface area contributed by atoms with Gasteiger partial charge in [-0.25, -0.2) is 0 Å². The van der Waals surface area contributed by atoms with Crippen LogP contribution in [0.5, 0.6) is 23.0 Å². The lowest BCUT2D eigenvalue weighted by atomic mass is 9.91. The number of hydrogen-bond acceptors (Lipinski definition) is 5. The third-order valence-electron chi connectivity index (χ3n) is 5.53. The first-order valence-electron chi connectivity index (χ1n) is 10.4. The number of methoxy groups -OCH3 is 3. The van der Waals surface area contributed by atoms with Crippen molar-refractivity contribution in [2.24, 2.45) is 0 Å². The highest BCUT2D eigenvalue weighted by Gasteiger charge is 2.32. The zero-order chi connectivity index (χ0) is 21.5. The molecule has 0 fully saturated rings. The number of amides is 1. The number of carbonyl (C=O) groups excluding carboxylic acids is 1. The van der Waals surface area contributed by atoms with Crippen molar-refractivity contribution >= 4 is 5.91 Å². The van der Waals surface area contributed by atoms with Crippen molar-refractivity contribution in [2.45, 2.75) is 38.6 Å². The molecule has 1 aliphatic rings. The number of nitrogens with zero attached hydrogens (tertiary/aromatic N) is 1. The van der Waals surface area contributed by atoms with Gasteiger partial charge < -0.3 is 23.8 Å². The van der Waals surface area contributed by atoms with Gasteiger partial charge in [0, 0.05) is 13.0 Å². The van der Waals surface area contributed by atoms with Gasteiger partial charge in [0.1, 0.15) is 18.1 Å². The van der Waals surface area contributed by atoms with Gasteiger partial charge in [0.2, 0.25) is 5.91 Å². The van der Waals surface area contributed by atoms with Crippen LogP contribution in [0.1, 0.15) is 43.4 Å². The van der Waals surface area contributed by atoms with Gasteiger partial charge in [0.05, 0.1) is 27.4 Å². The van der Waals surface area contributed by atoms with E-state index < -0.39 is 0 Å². The molecule has 30 heavy (non-hydrogen) atoms. The van der Waals surface area contributed by atoms with Gasteiger partial charge in [-0.1, -0.05) is 13.3 Å². The molecule has 162 valence electrons. The molecule has 2 aromatic rings. The van der Waals surface area contributed by atoms with Crippen molar-refractivity contribution in [1.29, 1.82) is 0 Å². The van der Waals surface area contributed by atoms with Crippen LogP contribution in [0.15, 0.2) is 36.4 Å². The van der Waals surface area contributed by atoms with E-state index in [1.54, 1.807) is 21.3 Å². The van der Waals surface area contributed by atoms with Crippen LogP contribution < -0.4 is 18.9 Å². The van der Waals surface area contributed by atoms with E-state index in [-0.39, 0.29) is 11.9 Å². The molecule has 0 saturated heterocycles. The van der Waals surface area contributed by atoms with Crippen LogP contribution in [0.25, 0.3) is 0 Å². The van der Waals surface area contributed by atoms with Gasteiger partial charge in [0.15, 0.2) is 11.5 Å². The Morgan fingerprint density at radius 2 is 1.67 bits per heavy atom. The number of benzene rings is 2. The maximum Gasteiger partial charge on any atom is 0.223 e. The predicted octanol–water partition coefficient (Wildman–Crippen LogP) is 4.41. The van der Waals surface area contributed by atoms with E-state index in [1.807, 2.05) is 41.3 Å². The Labute approximate surface area is 178 Å². The van der Waals surface area contributed by atoms with Crippen molar-refractivity contribution in [3.8, 4) is 23.0 Å². The number of rotatable bonds is 9. The predicted molar refractivity (Wildman–Crippen MR) is 116 cm³/mol. The second-order valence-electron chi connectivity index (χ2n) is 7.35. The molecule has 2 aromatic carbocycles. The first-order chi connectivity index (χ1) is 14.6. The molecule has 0 N–H and O–H groups in total. The Balaban J connectivity index is 1.89. The van der Waals surface area contributed by atoms with Crippen LogP contribution in [0, 0.1) is 0 Å². The molecule has 1 heterocycles. The molecule has 0 saturated carbocycles.